The van der Waals surface area contributed by atoms with E-state index >= 15 is 0 Å². The Labute approximate surface area is 113 Å². The highest BCUT2D eigenvalue weighted by Gasteiger charge is 2.12. The van der Waals surface area contributed by atoms with Gasteiger partial charge >= 0.3 is 11.9 Å². The van der Waals surface area contributed by atoms with Crippen LogP contribution in [0.3, 0.4) is 0 Å². The molecular weight excluding hydrogens is 265 g/mol. The number of rotatable bonds is 3. The smallest absolute Gasteiger partial charge is 0.354 e. The van der Waals surface area contributed by atoms with Gasteiger partial charge in [-0.05, 0) is 24.3 Å². The van der Waals surface area contributed by atoms with Crippen LogP contribution in [0.4, 0.5) is 4.39 Å². The van der Waals surface area contributed by atoms with Crippen LogP contribution < -0.4 is 0 Å². The molecule has 0 aliphatic carbocycles. The van der Waals surface area contributed by atoms with E-state index in [1.54, 1.807) is 0 Å². The van der Waals surface area contributed by atoms with Crippen molar-refractivity contribution in [1.82, 2.24) is 4.98 Å². The average Bonchev–Trinajstić information content (AvgIpc) is 2.47. The number of ether oxygens (including phenoxy) is 1. The first kappa shape index (κ1) is 13.7. The van der Waals surface area contributed by atoms with Crippen molar-refractivity contribution in [3.8, 4) is 11.1 Å². The van der Waals surface area contributed by atoms with Crippen LogP contribution in [0, 0.1) is 5.82 Å². The molecule has 0 unspecified atom stereocenters. The quantitative estimate of drug-likeness (QED) is 0.870. The predicted molar refractivity (Wildman–Crippen MR) is 67.9 cm³/mol. The number of aromatic carboxylic acids is 1. The Balaban J connectivity index is 2.45. The van der Waals surface area contributed by atoms with E-state index in [0.717, 1.165) is 6.07 Å². The van der Waals surface area contributed by atoms with Crippen molar-refractivity contribution >= 4 is 11.9 Å². The summed E-state index contributed by atoms with van der Waals surface area (Å²) in [7, 11) is 1.23. The number of methoxy groups -OCH3 is 1. The van der Waals surface area contributed by atoms with Gasteiger partial charge in [0.1, 0.15) is 11.5 Å². The van der Waals surface area contributed by atoms with Gasteiger partial charge in [0, 0.05) is 17.3 Å². The monoisotopic (exact) mass is 275 g/mol. The molecule has 2 rings (SSSR count). The minimum Gasteiger partial charge on any atom is -0.477 e. The Morgan fingerprint density at radius 2 is 2.00 bits per heavy atom. The zero-order chi connectivity index (χ0) is 14.7. The summed E-state index contributed by atoms with van der Waals surface area (Å²) in [6, 6.07) is 6.48. The molecule has 0 spiro atoms. The van der Waals surface area contributed by atoms with Crippen molar-refractivity contribution in [3.63, 3.8) is 0 Å². The second-order valence-corrected chi connectivity index (χ2v) is 3.92. The molecule has 0 aliphatic heterocycles. The van der Waals surface area contributed by atoms with Crippen molar-refractivity contribution < 1.29 is 23.8 Å². The number of carboxylic acids is 1. The lowest BCUT2D eigenvalue weighted by atomic mass is 10.0. The summed E-state index contributed by atoms with van der Waals surface area (Å²) in [6.45, 7) is 0. The maximum absolute atomic E-state index is 13.8. The SMILES string of the molecule is COC(=O)c1ccc(F)c(-c2ccc(C(=O)O)nc2)c1. The Kier molecular flexibility index (Phi) is 3.74. The zero-order valence-electron chi connectivity index (χ0n) is 10.5. The molecule has 0 fully saturated rings. The molecule has 5 nitrogen and oxygen atoms in total. The largest absolute Gasteiger partial charge is 0.477 e. The maximum atomic E-state index is 13.8. The molecule has 0 amide bonds. The number of aromatic nitrogens is 1. The van der Waals surface area contributed by atoms with Crippen molar-refractivity contribution in [3.05, 3.63) is 53.6 Å². The molecule has 1 heterocycles. The molecule has 0 aliphatic rings. The molecule has 0 saturated heterocycles. The fourth-order valence-electron chi connectivity index (χ4n) is 1.67. The molecule has 0 bridgehead atoms. The summed E-state index contributed by atoms with van der Waals surface area (Å²) in [6.07, 6.45) is 1.24. The third kappa shape index (κ3) is 2.64. The van der Waals surface area contributed by atoms with Gasteiger partial charge in [0.25, 0.3) is 0 Å². The Bertz CT molecular complexity index is 667. The van der Waals surface area contributed by atoms with Crippen LogP contribution in [0.2, 0.25) is 0 Å². The number of esters is 1. The van der Waals surface area contributed by atoms with E-state index in [1.807, 2.05) is 0 Å². The molecule has 1 aromatic heterocycles. The number of benzene rings is 1. The molecule has 102 valence electrons. The number of pyridine rings is 1. The van der Waals surface area contributed by atoms with Gasteiger partial charge in [0.2, 0.25) is 0 Å². The number of carboxylic acid groups (broad SMARTS) is 1. The van der Waals surface area contributed by atoms with Crippen LogP contribution in [-0.4, -0.2) is 29.1 Å². The van der Waals surface area contributed by atoms with Crippen molar-refractivity contribution in [2.24, 2.45) is 0 Å². The first-order valence-electron chi connectivity index (χ1n) is 5.60. The van der Waals surface area contributed by atoms with Gasteiger partial charge in [0.15, 0.2) is 0 Å². The Morgan fingerprint density at radius 1 is 1.25 bits per heavy atom. The molecule has 2 aromatic rings. The first-order valence-corrected chi connectivity index (χ1v) is 5.60. The molecule has 1 N–H and O–H groups in total. The van der Waals surface area contributed by atoms with Gasteiger partial charge in [-0.25, -0.2) is 19.0 Å². The Hall–Kier alpha value is -2.76. The summed E-state index contributed by atoms with van der Waals surface area (Å²) in [5, 5.41) is 8.75. The van der Waals surface area contributed by atoms with E-state index in [-0.39, 0.29) is 16.8 Å². The van der Waals surface area contributed by atoms with Crippen LogP contribution >= 0.6 is 0 Å². The minimum absolute atomic E-state index is 0.140. The number of halogens is 1. The molecule has 0 atom stereocenters. The van der Waals surface area contributed by atoms with Crippen LogP contribution in [0.25, 0.3) is 11.1 Å². The number of hydrogen-bond donors (Lipinski definition) is 1. The molecule has 6 heteroatoms. The van der Waals surface area contributed by atoms with Crippen LogP contribution in [0.15, 0.2) is 36.5 Å². The lowest BCUT2D eigenvalue weighted by Crippen LogP contribution is -2.02. The van der Waals surface area contributed by atoms with E-state index in [4.69, 9.17) is 5.11 Å². The van der Waals surface area contributed by atoms with Gasteiger partial charge in [-0.2, -0.15) is 0 Å². The third-order valence-corrected chi connectivity index (χ3v) is 2.68. The van der Waals surface area contributed by atoms with E-state index in [2.05, 4.69) is 9.72 Å². The second-order valence-electron chi connectivity index (χ2n) is 3.92. The molecular formula is C14H10FNO4. The summed E-state index contributed by atoms with van der Waals surface area (Å²) < 4.78 is 18.3. The third-order valence-electron chi connectivity index (χ3n) is 2.68. The van der Waals surface area contributed by atoms with Crippen molar-refractivity contribution in [1.29, 1.82) is 0 Å². The normalized spacial score (nSPS) is 10.1. The van der Waals surface area contributed by atoms with E-state index in [9.17, 15) is 14.0 Å². The fraction of sp³-hybridized carbons (Fsp3) is 0.0714. The highest BCUT2D eigenvalue weighted by atomic mass is 19.1. The van der Waals surface area contributed by atoms with Gasteiger partial charge in [-0.1, -0.05) is 6.07 Å². The van der Waals surface area contributed by atoms with E-state index < -0.39 is 17.8 Å². The molecule has 1 aromatic carbocycles. The summed E-state index contributed by atoms with van der Waals surface area (Å²) in [4.78, 5) is 25.8. The maximum Gasteiger partial charge on any atom is 0.354 e. The average molecular weight is 275 g/mol. The van der Waals surface area contributed by atoms with Gasteiger partial charge in [-0.15, -0.1) is 0 Å². The zero-order valence-corrected chi connectivity index (χ0v) is 10.5. The van der Waals surface area contributed by atoms with Crippen LogP contribution in [0.1, 0.15) is 20.8 Å². The number of hydrogen-bond acceptors (Lipinski definition) is 4. The minimum atomic E-state index is -1.17. The molecule has 20 heavy (non-hydrogen) atoms. The number of nitrogens with zero attached hydrogens (tertiary/aromatic N) is 1. The van der Waals surface area contributed by atoms with Crippen LogP contribution in [-0.2, 0) is 4.74 Å². The topological polar surface area (TPSA) is 76.5 Å². The molecule has 0 radical (unpaired) electrons. The van der Waals surface area contributed by atoms with E-state index in [0.29, 0.717) is 5.56 Å². The summed E-state index contributed by atoms with van der Waals surface area (Å²) in [5.41, 5.74) is 0.583. The standard InChI is InChI=1S/C14H10FNO4/c1-20-14(19)8-2-4-11(15)10(6-8)9-3-5-12(13(17)18)16-7-9/h2-7H,1H3,(H,17,18). The lowest BCUT2D eigenvalue weighted by molar-refractivity contribution is 0.0599. The first-order chi connectivity index (χ1) is 9.52. The van der Waals surface area contributed by atoms with Gasteiger partial charge in [-0.3, -0.25) is 0 Å². The predicted octanol–water partition coefficient (Wildman–Crippen LogP) is 2.37. The van der Waals surface area contributed by atoms with Gasteiger partial charge < -0.3 is 9.84 Å². The van der Waals surface area contributed by atoms with Crippen molar-refractivity contribution in [2.75, 3.05) is 7.11 Å². The summed E-state index contributed by atoms with van der Waals surface area (Å²) >= 11 is 0. The van der Waals surface area contributed by atoms with E-state index in [1.165, 1.54) is 37.6 Å². The van der Waals surface area contributed by atoms with Crippen LogP contribution in [0.5, 0.6) is 0 Å². The summed E-state index contributed by atoms with van der Waals surface area (Å²) in [5.74, 6) is -2.29. The molecule has 0 saturated carbocycles. The highest BCUT2D eigenvalue weighted by molar-refractivity contribution is 5.91. The van der Waals surface area contributed by atoms with Gasteiger partial charge in [0.05, 0.1) is 12.7 Å². The number of carbonyl (C=O) groups is 2. The second kappa shape index (κ2) is 5.48. The van der Waals surface area contributed by atoms with Crippen molar-refractivity contribution in [2.45, 2.75) is 0 Å². The fourth-order valence-corrected chi connectivity index (χ4v) is 1.67. The Morgan fingerprint density at radius 3 is 2.55 bits per heavy atom. The number of carbonyl (C=O) groups excluding carboxylic acids is 1. The highest BCUT2D eigenvalue weighted by Crippen LogP contribution is 2.24. The lowest BCUT2D eigenvalue weighted by Gasteiger charge is -2.06.